The van der Waals surface area contributed by atoms with Gasteiger partial charge in [0.15, 0.2) is 0 Å². The Bertz CT molecular complexity index is 797. The van der Waals surface area contributed by atoms with Crippen molar-refractivity contribution in [2.75, 3.05) is 5.32 Å². The summed E-state index contributed by atoms with van der Waals surface area (Å²) in [6, 6.07) is 15.6. The highest BCUT2D eigenvalue weighted by molar-refractivity contribution is 5.94. The van der Waals surface area contributed by atoms with Gasteiger partial charge in [-0.15, -0.1) is 0 Å². The predicted molar refractivity (Wildman–Crippen MR) is 107 cm³/mol. The molecule has 5 heteroatoms. The first-order valence-corrected chi connectivity index (χ1v) is 9.56. The Morgan fingerprint density at radius 3 is 2.52 bits per heavy atom. The molecule has 3 rings (SSSR count). The Labute approximate surface area is 160 Å². The number of anilines is 1. The molecule has 1 aliphatic rings. The Kier molecular flexibility index (Phi) is 6.12. The van der Waals surface area contributed by atoms with E-state index in [2.05, 4.69) is 47.1 Å². The lowest BCUT2D eigenvalue weighted by Crippen LogP contribution is -2.37. The fourth-order valence-corrected chi connectivity index (χ4v) is 2.96. The van der Waals surface area contributed by atoms with E-state index in [1.54, 1.807) is 0 Å². The van der Waals surface area contributed by atoms with Crippen molar-refractivity contribution in [3.05, 3.63) is 65.2 Å². The molecule has 1 atom stereocenters. The molecule has 1 aliphatic carbocycles. The summed E-state index contributed by atoms with van der Waals surface area (Å²) in [6.07, 6.45) is 2.78. The van der Waals surface area contributed by atoms with Crippen molar-refractivity contribution in [1.82, 2.24) is 10.6 Å². The smallest absolute Gasteiger partial charge is 0.315 e. The number of hydrogen-bond donors (Lipinski definition) is 3. The zero-order valence-electron chi connectivity index (χ0n) is 15.9. The number of hydrogen-bond acceptors (Lipinski definition) is 2. The van der Waals surface area contributed by atoms with Gasteiger partial charge in [0.25, 0.3) is 0 Å². The average molecular weight is 365 g/mol. The summed E-state index contributed by atoms with van der Waals surface area (Å²) in [6.45, 7) is 4.51. The van der Waals surface area contributed by atoms with E-state index in [1.807, 2.05) is 31.2 Å². The monoisotopic (exact) mass is 365 g/mol. The van der Waals surface area contributed by atoms with E-state index in [-0.39, 0.29) is 23.9 Å². The van der Waals surface area contributed by atoms with E-state index < -0.39 is 0 Å². The van der Waals surface area contributed by atoms with Crippen molar-refractivity contribution in [2.45, 2.75) is 45.7 Å². The predicted octanol–water partition coefficient (Wildman–Crippen LogP) is 4.29. The average Bonchev–Trinajstić information content (AvgIpc) is 3.51. The Morgan fingerprint density at radius 1 is 1.11 bits per heavy atom. The number of carbonyl (C=O) groups is 2. The molecule has 1 fully saturated rings. The molecule has 0 spiro atoms. The fraction of sp³-hybridized carbons (Fsp3) is 0.364. The lowest BCUT2D eigenvalue weighted by Gasteiger charge is -2.18. The van der Waals surface area contributed by atoms with Crippen molar-refractivity contribution < 1.29 is 9.59 Å². The minimum absolute atomic E-state index is 0.0187. The van der Waals surface area contributed by atoms with Gasteiger partial charge in [-0.3, -0.25) is 4.79 Å². The van der Waals surface area contributed by atoms with Gasteiger partial charge in [-0.05, 0) is 49.4 Å². The van der Waals surface area contributed by atoms with Crippen LogP contribution in [-0.2, 0) is 11.3 Å². The van der Waals surface area contributed by atoms with Crippen LogP contribution in [0, 0.1) is 12.8 Å². The highest BCUT2D eigenvalue weighted by Gasteiger charge is 2.29. The van der Waals surface area contributed by atoms with Crippen molar-refractivity contribution in [1.29, 1.82) is 0 Å². The summed E-state index contributed by atoms with van der Waals surface area (Å²) >= 11 is 0. The van der Waals surface area contributed by atoms with Crippen LogP contribution in [-0.4, -0.2) is 11.9 Å². The number of rotatable bonds is 7. The summed E-state index contributed by atoms with van der Waals surface area (Å²) in [5.74, 6) is 0.257. The molecule has 0 saturated heterocycles. The normalized spacial score (nSPS) is 14.3. The van der Waals surface area contributed by atoms with Crippen LogP contribution in [0.15, 0.2) is 48.5 Å². The SMILES string of the molecule is CC[C@H](NC(=O)NCc1cccc(NC(=O)C2CC2)c1)c1ccc(C)cc1. The summed E-state index contributed by atoms with van der Waals surface area (Å²) in [5.41, 5.74) is 4.02. The molecule has 3 amide bonds. The summed E-state index contributed by atoms with van der Waals surface area (Å²) in [4.78, 5) is 24.2. The molecule has 142 valence electrons. The Balaban J connectivity index is 1.52. The number of aryl methyl sites for hydroxylation is 1. The first kappa shape index (κ1) is 19.0. The van der Waals surface area contributed by atoms with E-state index in [9.17, 15) is 9.59 Å². The second-order valence-corrected chi connectivity index (χ2v) is 7.16. The van der Waals surface area contributed by atoms with Gasteiger partial charge in [0, 0.05) is 18.2 Å². The van der Waals surface area contributed by atoms with Crippen LogP contribution in [0.5, 0.6) is 0 Å². The summed E-state index contributed by atoms with van der Waals surface area (Å²) in [5, 5.41) is 8.85. The zero-order chi connectivity index (χ0) is 19.2. The first-order chi connectivity index (χ1) is 13.0. The van der Waals surface area contributed by atoms with Crippen LogP contribution in [0.4, 0.5) is 10.5 Å². The Morgan fingerprint density at radius 2 is 1.85 bits per heavy atom. The molecule has 0 unspecified atom stereocenters. The van der Waals surface area contributed by atoms with Crippen LogP contribution in [0.1, 0.15) is 48.9 Å². The topological polar surface area (TPSA) is 70.2 Å². The number of benzene rings is 2. The van der Waals surface area contributed by atoms with Gasteiger partial charge in [-0.1, -0.05) is 48.9 Å². The van der Waals surface area contributed by atoms with E-state index in [0.717, 1.165) is 36.1 Å². The molecular formula is C22H27N3O2. The lowest BCUT2D eigenvalue weighted by molar-refractivity contribution is -0.117. The summed E-state index contributed by atoms with van der Waals surface area (Å²) in [7, 11) is 0. The molecule has 0 aromatic heterocycles. The van der Waals surface area contributed by atoms with Crippen molar-refractivity contribution in [3.8, 4) is 0 Å². The van der Waals surface area contributed by atoms with Gasteiger partial charge in [-0.2, -0.15) is 0 Å². The van der Waals surface area contributed by atoms with Crippen LogP contribution >= 0.6 is 0 Å². The van der Waals surface area contributed by atoms with Crippen molar-refractivity contribution >= 4 is 17.6 Å². The highest BCUT2D eigenvalue weighted by atomic mass is 16.2. The fourth-order valence-electron chi connectivity index (χ4n) is 2.96. The van der Waals surface area contributed by atoms with Crippen LogP contribution < -0.4 is 16.0 Å². The minimum atomic E-state index is -0.199. The van der Waals surface area contributed by atoms with Gasteiger partial charge in [0.1, 0.15) is 0 Å². The molecule has 0 aliphatic heterocycles. The van der Waals surface area contributed by atoms with Crippen molar-refractivity contribution in [3.63, 3.8) is 0 Å². The quantitative estimate of drug-likeness (QED) is 0.685. The second-order valence-electron chi connectivity index (χ2n) is 7.16. The van der Waals surface area contributed by atoms with Crippen LogP contribution in [0.3, 0.4) is 0 Å². The molecule has 0 radical (unpaired) electrons. The van der Waals surface area contributed by atoms with Gasteiger partial charge in [-0.25, -0.2) is 4.79 Å². The molecular weight excluding hydrogens is 338 g/mol. The van der Waals surface area contributed by atoms with Crippen LogP contribution in [0.2, 0.25) is 0 Å². The molecule has 2 aromatic rings. The van der Waals surface area contributed by atoms with Gasteiger partial charge in [0.2, 0.25) is 5.91 Å². The maximum atomic E-state index is 12.3. The molecule has 5 nitrogen and oxygen atoms in total. The number of urea groups is 1. The van der Waals surface area contributed by atoms with Gasteiger partial charge < -0.3 is 16.0 Å². The maximum absolute atomic E-state index is 12.3. The standard InChI is InChI=1S/C22H27N3O2/c1-3-20(17-9-7-15(2)8-10-17)25-22(27)23-14-16-5-4-6-19(13-16)24-21(26)18-11-12-18/h4-10,13,18,20H,3,11-12,14H2,1-2H3,(H,24,26)(H2,23,25,27)/t20-/m0/s1. The largest absolute Gasteiger partial charge is 0.334 e. The molecule has 27 heavy (non-hydrogen) atoms. The van der Waals surface area contributed by atoms with Crippen LogP contribution in [0.25, 0.3) is 0 Å². The third kappa shape index (κ3) is 5.58. The molecule has 0 heterocycles. The van der Waals surface area contributed by atoms with E-state index in [0.29, 0.717) is 6.54 Å². The first-order valence-electron chi connectivity index (χ1n) is 9.56. The zero-order valence-corrected chi connectivity index (χ0v) is 15.9. The third-order valence-electron chi connectivity index (χ3n) is 4.79. The number of nitrogens with one attached hydrogen (secondary N) is 3. The third-order valence-corrected chi connectivity index (χ3v) is 4.79. The number of amides is 3. The summed E-state index contributed by atoms with van der Waals surface area (Å²) < 4.78 is 0. The van der Waals surface area contributed by atoms with E-state index in [1.165, 1.54) is 5.56 Å². The molecule has 3 N–H and O–H groups in total. The second kappa shape index (κ2) is 8.71. The Hall–Kier alpha value is -2.82. The van der Waals surface area contributed by atoms with E-state index in [4.69, 9.17) is 0 Å². The number of carbonyl (C=O) groups excluding carboxylic acids is 2. The van der Waals surface area contributed by atoms with Gasteiger partial charge >= 0.3 is 6.03 Å². The minimum Gasteiger partial charge on any atom is -0.334 e. The molecule has 2 aromatic carbocycles. The lowest BCUT2D eigenvalue weighted by atomic mass is 10.0. The van der Waals surface area contributed by atoms with Gasteiger partial charge in [0.05, 0.1) is 6.04 Å². The molecule has 0 bridgehead atoms. The van der Waals surface area contributed by atoms with E-state index >= 15 is 0 Å². The molecule has 1 saturated carbocycles. The van der Waals surface area contributed by atoms with Crippen molar-refractivity contribution in [2.24, 2.45) is 5.92 Å². The maximum Gasteiger partial charge on any atom is 0.315 e. The highest BCUT2D eigenvalue weighted by Crippen LogP contribution is 2.30.